The number of amides is 1. The fraction of sp³-hybridized carbons (Fsp3) is 0.300. The lowest BCUT2D eigenvalue weighted by Crippen LogP contribution is -2.36. The topological polar surface area (TPSA) is 32.3 Å². The van der Waals surface area contributed by atoms with E-state index >= 15 is 0 Å². The number of nitrogens with zero attached hydrogens (tertiary/aromatic N) is 1. The minimum atomic E-state index is -4.46. The average molecular weight is 311 g/mol. The molecule has 0 spiro atoms. The molecule has 1 N–H and O–H groups in total. The zero-order valence-electron chi connectivity index (χ0n) is 9.10. The molecule has 7 heteroatoms. The van der Waals surface area contributed by atoms with Gasteiger partial charge < -0.3 is 0 Å². The second-order valence-electron chi connectivity index (χ2n) is 3.53. The zero-order chi connectivity index (χ0) is 13.2. The number of hydrogen-bond donors (Lipinski definition) is 1. The molecule has 3 nitrogen and oxygen atoms in total. The quantitative estimate of drug-likeness (QED) is 0.852. The van der Waals surface area contributed by atoms with Gasteiger partial charge in [-0.05, 0) is 34.1 Å². The Hall–Kier alpha value is -1.08. The number of rotatable bonds is 2. The summed E-state index contributed by atoms with van der Waals surface area (Å²) in [6.07, 6.45) is -4.46. The first kappa shape index (κ1) is 14.0. The van der Waals surface area contributed by atoms with E-state index in [0.29, 0.717) is 4.47 Å². The van der Waals surface area contributed by atoms with Crippen LogP contribution in [0, 0.1) is 0 Å². The monoisotopic (exact) mass is 310 g/mol. The van der Waals surface area contributed by atoms with Gasteiger partial charge >= 0.3 is 6.18 Å². The molecule has 17 heavy (non-hydrogen) atoms. The van der Waals surface area contributed by atoms with Gasteiger partial charge in [0.1, 0.15) is 0 Å². The van der Waals surface area contributed by atoms with Crippen molar-refractivity contribution < 1.29 is 18.0 Å². The van der Waals surface area contributed by atoms with Gasteiger partial charge in [-0.3, -0.25) is 10.2 Å². The number of carbonyl (C=O) groups is 1. The normalized spacial score (nSPS) is 11.7. The minimum absolute atomic E-state index is 0.0616. The van der Waals surface area contributed by atoms with Crippen LogP contribution in [0.4, 0.5) is 13.2 Å². The van der Waals surface area contributed by atoms with E-state index in [1.807, 2.05) is 0 Å². The third-order valence-electron chi connectivity index (χ3n) is 1.86. The summed E-state index contributed by atoms with van der Waals surface area (Å²) in [6.45, 7) is 0. The Balaban J connectivity index is 3.11. The van der Waals surface area contributed by atoms with Crippen molar-refractivity contribution in [2.75, 3.05) is 14.1 Å². The molecule has 1 aromatic rings. The molecule has 0 fully saturated rings. The average Bonchev–Trinajstić information content (AvgIpc) is 2.15. The van der Waals surface area contributed by atoms with E-state index in [4.69, 9.17) is 0 Å². The largest absolute Gasteiger partial charge is 0.416 e. The lowest BCUT2D eigenvalue weighted by molar-refractivity contribution is -0.137. The van der Waals surface area contributed by atoms with Gasteiger partial charge in [0.05, 0.1) is 11.1 Å². The van der Waals surface area contributed by atoms with Gasteiger partial charge in [0.15, 0.2) is 0 Å². The van der Waals surface area contributed by atoms with Crippen LogP contribution in [0.5, 0.6) is 0 Å². The molecule has 94 valence electrons. The molecule has 0 saturated carbocycles. The van der Waals surface area contributed by atoms with Crippen molar-refractivity contribution in [2.24, 2.45) is 0 Å². The Kier molecular flexibility index (Phi) is 4.16. The number of hydrogen-bond acceptors (Lipinski definition) is 2. The van der Waals surface area contributed by atoms with Crippen molar-refractivity contribution in [3.8, 4) is 0 Å². The second kappa shape index (κ2) is 5.05. The molecule has 1 rings (SSSR count). The maximum atomic E-state index is 12.5. The second-order valence-corrected chi connectivity index (χ2v) is 4.38. The van der Waals surface area contributed by atoms with Crippen LogP contribution in [0.2, 0.25) is 0 Å². The molecule has 0 heterocycles. The van der Waals surface area contributed by atoms with Gasteiger partial charge in [-0.15, -0.1) is 0 Å². The predicted molar refractivity (Wildman–Crippen MR) is 60.3 cm³/mol. The van der Waals surface area contributed by atoms with Gasteiger partial charge in [0.25, 0.3) is 5.91 Å². The van der Waals surface area contributed by atoms with Crippen molar-refractivity contribution >= 4 is 21.8 Å². The highest BCUT2D eigenvalue weighted by atomic mass is 79.9. The highest BCUT2D eigenvalue weighted by molar-refractivity contribution is 9.10. The number of hydrazine groups is 1. The van der Waals surface area contributed by atoms with Crippen LogP contribution in [-0.4, -0.2) is 25.0 Å². The van der Waals surface area contributed by atoms with E-state index in [0.717, 1.165) is 12.1 Å². The highest BCUT2D eigenvalue weighted by Crippen LogP contribution is 2.31. The molecule has 0 bridgehead atoms. The Morgan fingerprint density at radius 1 is 1.35 bits per heavy atom. The fourth-order valence-electron chi connectivity index (χ4n) is 1.14. The van der Waals surface area contributed by atoms with Crippen LogP contribution in [0.25, 0.3) is 0 Å². The first-order valence-corrected chi connectivity index (χ1v) is 5.36. The summed E-state index contributed by atoms with van der Waals surface area (Å²) < 4.78 is 37.7. The lowest BCUT2D eigenvalue weighted by Gasteiger charge is -2.14. The van der Waals surface area contributed by atoms with Crippen molar-refractivity contribution in [1.82, 2.24) is 10.4 Å². The third kappa shape index (κ3) is 3.71. The van der Waals surface area contributed by atoms with Crippen LogP contribution < -0.4 is 5.43 Å². The number of carbonyl (C=O) groups excluding carboxylic acids is 1. The maximum absolute atomic E-state index is 12.5. The predicted octanol–water partition coefficient (Wildman–Crippen LogP) is 2.67. The minimum Gasteiger partial charge on any atom is -0.285 e. The summed E-state index contributed by atoms with van der Waals surface area (Å²) in [6, 6.07) is 2.92. The van der Waals surface area contributed by atoms with Crippen molar-refractivity contribution in [3.05, 3.63) is 33.8 Å². The standard InChI is InChI=1S/C10H10BrF3N2O/c1-16(2)15-9(17)7-5-6(10(12,13)14)3-4-8(7)11/h3-5H,1-2H3,(H,15,17). The van der Waals surface area contributed by atoms with Crippen LogP contribution in [0.15, 0.2) is 22.7 Å². The third-order valence-corrected chi connectivity index (χ3v) is 2.55. The Labute approximate surface area is 105 Å². The molecule has 0 radical (unpaired) electrons. The van der Waals surface area contributed by atoms with Gasteiger partial charge in [-0.1, -0.05) is 0 Å². The van der Waals surface area contributed by atoms with E-state index in [-0.39, 0.29) is 5.56 Å². The molecule has 0 aliphatic carbocycles. The summed E-state index contributed by atoms with van der Waals surface area (Å²) in [5.74, 6) is -0.604. The van der Waals surface area contributed by atoms with E-state index in [1.165, 1.54) is 11.1 Å². The van der Waals surface area contributed by atoms with Gasteiger partial charge in [-0.25, -0.2) is 5.01 Å². The van der Waals surface area contributed by atoms with Gasteiger partial charge in [-0.2, -0.15) is 13.2 Å². The number of alkyl halides is 3. The number of halogens is 4. The molecular formula is C10H10BrF3N2O. The van der Waals surface area contributed by atoms with Crippen molar-refractivity contribution in [3.63, 3.8) is 0 Å². The molecule has 0 aliphatic heterocycles. The molecule has 1 aromatic carbocycles. The SMILES string of the molecule is CN(C)NC(=O)c1cc(C(F)(F)F)ccc1Br. The maximum Gasteiger partial charge on any atom is 0.416 e. The molecule has 0 saturated heterocycles. The van der Waals surface area contributed by atoms with Crippen LogP contribution in [0.3, 0.4) is 0 Å². The van der Waals surface area contributed by atoms with Gasteiger partial charge in [0.2, 0.25) is 0 Å². The Bertz CT molecular complexity index is 432. The first-order valence-electron chi connectivity index (χ1n) is 4.57. The molecule has 0 aromatic heterocycles. The lowest BCUT2D eigenvalue weighted by atomic mass is 10.1. The number of benzene rings is 1. The molecule has 1 amide bonds. The smallest absolute Gasteiger partial charge is 0.285 e. The van der Waals surface area contributed by atoms with Crippen LogP contribution in [-0.2, 0) is 6.18 Å². The van der Waals surface area contributed by atoms with Crippen LogP contribution in [0.1, 0.15) is 15.9 Å². The summed E-state index contributed by atoms with van der Waals surface area (Å²) >= 11 is 3.04. The molecular weight excluding hydrogens is 301 g/mol. The fourth-order valence-corrected chi connectivity index (χ4v) is 1.57. The number of nitrogens with one attached hydrogen (secondary N) is 1. The summed E-state index contributed by atoms with van der Waals surface area (Å²) in [5, 5.41) is 1.36. The van der Waals surface area contributed by atoms with E-state index in [9.17, 15) is 18.0 Å². The summed E-state index contributed by atoms with van der Waals surface area (Å²) in [5.41, 5.74) is 1.46. The summed E-state index contributed by atoms with van der Waals surface area (Å²) in [7, 11) is 3.14. The zero-order valence-corrected chi connectivity index (χ0v) is 10.7. The Morgan fingerprint density at radius 3 is 2.41 bits per heavy atom. The van der Waals surface area contributed by atoms with E-state index in [2.05, 4.69) is 21.4 Å². The molecule has 0 unspecified atom stereocenters. The van der Waals surface area contributed by atoms with E-state index in [1.54, 1.807) is 14.1 Å². The van der Waals surface area contributed by atoms with Crippen LogP contribution >= 0.6 is 15.9 Å². The van der Waals surface area contributed by atoms with Gasteiger partial charge in [0, 0.05) is 18.6 Å². The van der Waals surface area contributed by atoms with Crippen molar-refractivity contribution in [1.29, 1.82) is 0 Å². The summed E-state index contributed by atoms with van der Waals surface area (Å²) in [4.78, 5) is 11.6. The highest BCUT2D eigenvalue weighted by Gasteiger charge is 2.31. The first-order chi connectivity index (χ1) is 7.71. The Morgan fingerprint density at radius 2 is 1.94 bits per heavy atom. The van der Waals surface area contributed by atoms with Crippen molar-refractivity contribution in [2.45, 2.75) is 6.18 Å². The molecule has 0 aliphatic rings. The van der Waals surface area contributed by atoms with E-state index < -0.39 is 17.6 Å². The molecule has 0 atom stereocenters.